The van der Waals surface area contributed by atoms with Crippen LogP contribution in [0.2, 0.25) is 0 Å². The monoisotopic (exact) mass is 258 g/mol. The number of rotatable bonds is 3. The lowest BCUT2D eigenvalue weighted by atomic mass is 9.98. The maximum absolute atomic E-state index is 13.8. The molecule has 2 heterocycles. The van der Waals surface area contributed by atoms with Gasteiger partial charge in [0.15, 0.2) is 0 Å². The van der Waals surface area contributed by atoms with Crippen LogP contribution in [0.5, 0.6) is 0 Å². The van der Waals surface area contributed by atoms with Gasteiger partial charge in [-0.25, -0.2) is 10.0 Å². The van der Waals surface area contributed by atoms with Gasteiger partial charge >= 0.3 is 5.92 Å². The summed E-state index contributed by atoms with van der Waals surface area (Å²) < 4.78 is 32.9. The summed E-state index contributed by atoms with van der Waals surface area (Å²) in [7, 11) is 3.05. The predicted octanol–water partition coefficient (Wildman–Crippen LogP) is 2.01. The number of halogens is 2. The van der Waals surface area contributed by atoms with Gasteiger partial charge in [0.25, 0.3) is 0 Å². The Labute approximate surface area is 104 Å². The largest absolute Gasteiger partial charge is 0.468 e. The van der Waals surface area contributed by atoms with E-state index in [-0.39, 0.29) is 6.42 Å². The molecule has 2 rings (SSSR count). The molecule has 1 aliphatic rings. The Morgan fingerprint density at radius 2 is 2.28 bits per heavy atom. The van der Waals surface area contributed by atoms with Crippen LogP contribution in [0.4, 0.5) is 8.78 Å². The third-order valence-electron chi connectivity index (χ3n) is 3.60. The molecule has 2 unspecified atom stereocenters. The second kappa shape index (κ2) is 4.15. The van der Waals surface area contributed by atoms with Crippen LogP contribution in [0.1, 0.15) is 18.2 Å². The Morgan fingerprint density at radius 1 is 1.61 bits per heavy atom. The summed E-state index contributed by atoms with van der Waals surface area (Å²) in [5.74, 6) is -2.86. The van der Waals surface area contributed by atoms with Crippen LogP contribution in [0.15, 0.2) is 35.5 Å². The van der Waals surface area contributed by atoms with Crippen LogP contribution in [-0.4, -0.2) is 40.9 Å². The van der Waals surface area contributed by atoms with E-state index in [0.29, 0.717) is 11.8 Å². The van der Waals surface area contributed by atoms with Gasteiger partial charge < -0.3 is 9.52 Å². The molecule has 1 fully saturated rings. The highest BCUT2D eigenvalue weighted by molar-refractivity contribution is 5.13. The van der Waals surface area contributed by atoms with Crippen molar-refractivity contribution in [3.63, 3.8) is 0 Å². The van der Waals surface area contributed by atoms with E-state index >= 15 is 0 Å². The van der Waals surface area contributed by atoms with Crippen LogP contribution in [0, 0.1) is 0 Å². The Bertz CT molecular complexity index is 435. The standard InChI is InChI=1S/C12H16F2N2O2/c1-4-11(13,14)12(17)8-9(15(2)16(12)3)10-6-5-7-18-10/h4-7,9,17H,1,8H2,2-3H3. The van der Waals surface area contributed by atoms with E-state index in [4.69, 9.17) is 4.42 Å². The average Bonchev–Trinajstić information content (AvgIpc) is 2.93. The van der Waals surface area contributed by atoms with Crippen molar-refractivity contribution in [1.29, 1.82) is 0 Å². The molecule has 0 radical (unpaired) electrons. The molecule has 1 aromatic rings. The summed E-state index contributed by atoms with van der Waals surface area (Å²) in [6.07, 6.45) is 1.79. The van der Waals surface area contributed by atoms with E-state index in [9.17, 15) is 13.9 Å². The number of hydrazine groups is 1. The fourth-order valence-electron chi connectivity index (χ4n) is 2.28. The fraction of sp³-hybridized carbons (Fsp3) is 0.500. The van der Waals surface area contributed by atoms with E-state index < -0.39 is 17.7 Å². The first-order chi connectivity index (χ1) is 8.33. The van der Waals surface area contributed by atoms with Gasteiger partial charge in [0.05, 0.1) is 12.3 Å². The molecule has 0 amide bonds. The van der Waals surface area contributed by atoms with Crippen molar-refractivity contribution < 1.29 is 18.3 Å². The highest BCUT2D eigenvalue weighted by Crippen LogP contribution is 2.47. The Hall–Kier alpha value is -1.24. The maximum Gasteiger partial charge on any atom is 0.309 e. The van der Waals surface area contributed by atoms with Gasteiger partial charge in [-0.1, -0.05) is 6.58 Å². The molecular weight excluding hydrogens is 242 g/mol. The van der Waals surface area contributed by atoms with E-state index in [2.05, 4.69) is 6.58 Å². The maximum atomic E-state index is 13.8. The molecule has 2 atom stereocenters. The second-order valence-corrected chi connectivity index (χ2v) is 4.48. The summed E-state index contributed by atoms with van der Waals surface area (Å²) in [6, 6.07) is 2.96. The molecular formula is C12H16F2N2O2. The predicted molar refractivity (Wildman–Crippen MR) is 61.7 cm³/mol. The molecule has 0 aliphatic carbocycles. The molecule has 18 heavy (non-hydrogen) atoms. The van der Waals surface area contributed by atoms with Crippen LogP contribution in [-0.2, 0) is 0 Å². The first-order valence-electron chi connectivity index (χ1n) is 5.57. The van der Waals surface area contributed by atoms with E-state index in [1.807, 2.05) is 0 Å². The Kier molecular flexibility index (Phi) is 3.04. The van der Waals surface area contributed by atoms with Crippen molar-refractivity contribution in [1.82, 2.24) is 10.0 Å². The smallest absolute Gasteiger partial charge is 0.309 e. The lowest BCUT2D eigenvalue weighted by Crippen LogP contribution is -2.57. The van der Waals surface area contributed by atoms with E-state index in [1.165, 1.54) is 18.3 Å². The molecule has 6 heteroatoms. The molecule has 1 N–H and O–H groups in total. The highest BCUT2D eigenvalue weighted by Gasteiger charge is 2.61. The molecule has 0 saturated carbocycles. The highest BCUT2D eigenvalue weighted by atomic mass is 19.3. The summed E-state index contributed by atoms with van der Waals surface area (Å²) >= 11 is 0. The molecule has 0 aromatic carbocycles. The zero-order chi connectivity index (χ0) is 13.6. The zero-order valence-corrected chi connectivity index (χ0v) is 10.3. The lowest BCUT2D eigenvalue weighted by molar-refractivity contribution is -0.244. The number of hydrogen-bond acceptors (Lipinski definition) is 4. The first-order valence-corrected chi connectivity index (χ1v) is 5.57. The molecule has 0 spiro atoms. The van der Waals surface area contributed by atoms with Crippen LogP contribution in [0.25, 0.3) is 0 Å². The van der Waals surface area contributed by atoms with Gasteiger partial charge in [-0.2, -0.15) is 8.78 Å². The first kappa shape index (κ1) is 13.2. The second-order valence-electron chi connectivity index (χ2n) is 4.48. The number of aliphatic hydroxyl groups is 1. The SMILES string of the molecule is C=CC(F)(F)C1(O)CC(c2ccco2)N(C)N1C. The summed E-state index contributed by atoms with van der Waals surface area (Å²) in [4.78, 5) is 0. The zero-order valence-electron chi connectivity index (χ0n) is 10.3. The molecule has 1 aliphatic heterocycles. The molecule has 4 nitrogen and oxygen atoms in total. The third kappa shape index (κ3) is 1.68. The van der Waals surface area contributed by atoms with Crippen molar-refractivity contribution in [3.8, 4) is 0 Å². The van der Waals surface area contributed by atoms with Crippen LogP contribution in [0.3, 0.4) is 0 Å². The summed E-state index contributed by atoms with van der Waals surface area (Å²) in [5.41, 5.74) is -2.29. The minimum Gasteiger partial charge on any atom is -0.468 e. The van der Waals surface area contributed by atoms with Crippen molar-refractivity contribution >= 4 is 0 Å². The van der Waals surface area contributed by atoms with Crippen molar-refractivity contribution in [2.75, 3.05) is 14.1 Å². The van der Waals surface area contributed by atoms with Crippen LogP contribution >= 0.6 is 0 Å². The van der Waals surface area contributed by atoms with E-state index in [0.717, 1.165) is 5.01 Å². The number of alkyl halides is 2. The van der Waals surface area contributed by atoms with Gasteiger partial charge in [0.1, 0.15) is 5.76 Å². The normalized spacial score (nSPS) is 30.8. The minimum atomic E-state index is -3.41. The van der Waals surface area contributed by atoms with E-state index in [1.54, 1.807) is 19.2 Å². The number of nitrogens with zero attached hydrogens (tertiary/aromatic N) is 2. The lowest BCUT2D eigenvalue weighted by Gasteiger charge is -2.37. The minimum absolute atomic E-state index is 0.160. The van der Waals surface area contributed by atoms with Gasteiger partial charge in [-0.05, 0) is 18.2 Å². The van der Waals surface area contributed by atoms with Crippen molar-refractivity contribution in [2.24, 2.45) is 0 Å². The quantitative estimate of drug-likeness (QED) is 0.842. The van der Waals surface area contributed by atoms with Crippen LogP contribution < -0.4 is 0 Å². The summed E-state index contributed by atoms with van der Waals surface area (Å²) in [6.45, 7) is 3.09. The Morgan fingerprint density at radius 3 is 2.78 bits per heavy atom. The van der Waals surface area contributed by atoms with Crippen molar-refractivity contribution in [3.05, 3.63) is 36.8 Å². The van der Waals surface area contributed by atoms with Gasteiger partial charge in [0.2, 0.25) is 5.72 Å². The molecule has 1 saturated heterocycles. The molecule has 0 bridgehead atoms. The van der Waals surface area contributed by atoms with Gasteiger partial charge in [0, 0.05) is 20.5 Å². The van der Waals surface area contributed by atoms with Crippen molar-refractivity contribution in [2.45, 2.75) is 24.1 Å². The fourth-order valence-corrected chi connectivity index (χ4v) is 2.28. The number of hydrogen-bond donors (Lipinski definition) is 1. The summed E-state index contributed by atoms with van der Waals surface area (Å²) in [5, 5.41) is 12.9. The van der Waals surface area contributed by atoms with Gasteiger partial charge in [-0.3, -0.25) is 0 Å². The van der Waals surface area contributed by atoms with Gasteiger partial charge in [-0.15, -0.1) is 0 Å². The molecule has 1 aromatic heterocycles. The Balaban J connectivity index is 2.35. The number of furan rings is 1. The topological polar surface area (TPSA) is 39.9 Å². The average molecular weight is 258 g/mol. The molecule has 100 valence electrons. The third-order valence-corrected chi connectivity index (χ3v) is 3.60.